The molecule has 2 aromatic rings. The Morgan fingerprint density at radius 3 is 2.76 bits per heavy atom. The van der Waals surface area contributed by atoms with Gasteiger partial charge < -0.3 is 16.5 Å². The van der Waals surface area contributed by atoms with Gasteiger partial charge in [-0.05, 0) is 18.6 Å². The molecule has 6 heteroatoms. The van der Waals surface area contributed by atoms with Crippen molar-refractivity contribution in [2.45, 2.75) is 12.8 Å². The number of hydrogen-bond acceptors (Lipinski definition) is 2. The Morgan fingerprint density at radius 2 is 2.06 bits per heavy atom. The van der Waals surface area contributed by atoms with Gasteiger partial charge in [-0.3, -0.25) is 4.99 Å². The Bertz CT molecular complexity index is 468. The number of aromatic amines is 1. The second-order valence-electron chi connectivity index (χ2n) is 3.61. The van der Waals surface area contributed by atoms with Crippen LogP contribution in [0.25, 0.3) is 11.0 Å². The van der Waals surface area contributed by atoms with Gasteiger partial charge in [-0.15, -0.1) is 24.0 Å². The van der Waals surface area contributed by atoms with E-state index >= 15 is 0 Å². The van der Waals surface area contributed by atoms with E-state index in [2.05, 4.69) is 15.0 Å². The molecule has 0 spiro atoms. The summed E-state index contributed by atoms with van der Waals surface area (Å²) in [6.45, 7) is 0.638. The average Bonchev–Trinajstić information content (AvgIpc) is 2.66. The van der Waals surface area contributed by atoms with Gasteiger partial charge >= 0.3 is 0 Å². The van der Waals surface area contributed by atoms with Crippen molar-refractivity contribution in [3.8, 4) is 0 Å². The highest BCUT2D eigenvalue weighted by Gasteiger charge is 2.00. The smallest absolute Gasteiger partial charge is 0.185 e. The number of nitrogens with two attached hydrogens (primary N) is 2. The molecule has 0 unspecified atom stereocenters. The maximum Gasteiger partial charge on any atom is 0.185 e. The Morgan fingerprint density at radius 1 is 1.29 bits per heavy atom. The van der Waals surface area contributed by atoms with Gasteiger partial charge in [0, 0.05) is 13.0 Å². The van der Waals surface area contributed by atoms with E-state index in [1.54, 1.807) is 0 Å². The lowest BCUT2D eigenvalue weighted by atomic mass is 10.3. The van der Waals surface area contributed by atoms with E-state index in [1.807, 2.05) is 24.3 Å². The Labute approximate surface area is 117 Å². The van der Waals surface area contributed by atoms with Gasteiger partial charge in [-0.1, -0.05) is 12.1 Å². The van der Waals surface area contributed by atoms with Crippen molar-refractivity contribution in [2.75, 3.05) is 6.54 Å². The third kappa shape index (κ3) is 3.88. The number of nitrogens with zero attached hydrogens (tertiary/aromatic N) is 2. The number of nitrogens with one attached hydrogen (secondary N) is 1. The normalized spacial score (nSPS) is 9.88. The van der Waals surface area contributed by atoms with Crippen molar-refractivity contribution in [1.29, 1.82) is 0 Å². The summed E-state index contributed by atoms with van der Waals surface area (Å²) in [5.74, 6) is 1.12. The van der Waals surface area contributed by atoms with E-state index in [0.717, 1.165) is 29.7 Å². The van der Waals surface area contributed by atoms with Crippen LogP contribution in [0.3, 0.4) is 0 Å². The van der Waals surface area contributed by atoms with E-state index in [1.165, 1.54) is 0 Å². The molecule has 0 aliphatic rings. The Balaban J connectivity index is 0.00000144. The molecule has 0 fully saturated rings. The summed E-state index contributed by atoms with van der Waals surface area (Å²) in [7, 11) is 0. The van der Waals surface area contributed by atoms with Gasteiger partial charge in [0.25, 0.3) is 0 Å². The lowest BCUT2D eigenvalue weighted by Gasteiger charge is -1.94. The molecule has 0 radical (unpaired) electrons. The summed E-state index contributed by atoms with van der Waals surface area (Å²) in [5.41, 5.74) is 12.5. The number of fused-ring (bicyclic) bond motifs is 1. The summed E-state index contributed by atoms with van der Waals surface area (Å²) in [6.07, 6.45) is 1.74. The van der Waals surface area contributed by atoms with Crippen LogP contribution in [0, 0.1) is 0 Å². The zero-order valence-electron chi connectivity index (χ0n) is 9.39. The molecule has 5 nitrogen and oxygen atoms in total. The number of imidazole rings is 1. The minimum atomic E-state index is 0. The highest BCUT2D eigenvalue weighted by molar-refractivity contribution is 14.0. The van der Waals surface area contributed by atoms with Crippen LogP contribution < -0.4 is 11.5 Å². The molecule has 1 heterocycles. The lowest BCUT2D eigenvalue weighted by molar-refractivity contribution is 0.796. The predicted octanol–water partition coefficient (Wildman–Crippen LogP) is 1.39. The van der Waals surface area contributed by atoms with Crippen LogP contribution in [-0.2, 0) is 6.42 Å². The average molecular weight is 345 g/mol. The second kappa shape index (κ2) is 6.43. The number of benzene rings is 1. The zero-order chi connectivity index (χ0) is 11.4. The van der Waals surface area contributed by atoms with Crippen LogP contribution in [0.5, 0.6) is 0 Å². The van der Waals surface area contributed by atoms with Gasteiger partial charge in [0.05, 0.1) is 11.0 Å². The molecule has 92 valence electrons. The largest absolute Gasteiger partial charge is 0.370 e. The van der Waals surface area contributed by atoms with Crippen LogP contribution in [0.4, 0.5) is 0 Å². The first kappa shape index (κ1) is 13.8. The first-order valence-electron chi connectivity index (χ1n) is 5.25. The van der Waals surface area contributed by atoms with Crippen molar-refractivity contribution in [1.82, 2.24) is 9.97 Å². The standard InChI is InChI=1S/C11H15N5.HI/c12-11(13)14-7-3-6-10-15-8-4-1-2-5-9(8)16-10;/h1-2,4-5H,3,6-7H2,(H,15,16)(H4,12,13,14);1H. The van der Waals surface area contributed by atoms with E-state index in [4.69, 9.17) is 11.5 Å². The summed E-state index contributed by atoms with van der Waals surface area (Å²) in [6, 6.07) is 7.98. The molecule has 0 bridgehead atoms. The number of aliphatic imine (C=N–C) groups is 1. The van der Waals surface area contributed by atoms with Gasteiger partial charge in [0.15, 0.2) is 5.96 Å². The van der Waals surface area contributed by atoms with Crippen LogP contribution >= 0.6 is 24.0 Å². The number of aryl methyl sites for hydroxylation is 1. The minimum absolute atomic E-state index is 0. The van der Waals surface area contributed by atoms with E-state index in [0.29, 0.717) is 6.54 Å². The maximum atomic E-state index is 5.24. The highest BCUT2D eigenvalue weighted by Crippen LogP contribution is 2.11. The van der Waals surface area contributed by atoms with Crippen molar-refractivity contribution in [2.24, 2.45) is 16.5 Å². The topological polar surface area (TPSA) is 93.1 Å². The minimum Gasteiger partial charge on any atom is -0.370 e. The zero-order valence-corrected chi connectivity index (χ0v) is 11.7. The van der Waals surface area contributed by atoms with Gasteiger partial charge in [0.2, 0.25) is 0 Å². The predicted molar refractivity (Wildman–Crippen MR) is 80.5 cm³/mol. The van der Waals surface area contributed by atoms with E-state index < -0.39 is 0 Å². The maximum absolute atomic E-state index is 5.24. The lowest BCUT2D eigenvalue weighted by Crippen LogP contribution is -2.23. The van der Waals surface area contributed by atoms with Crippen molar-refractivity contribution in [3.63, 3.8) is 0 Å². The number of guanidine groups is 1. The molecule has 0 saturated carbocycles. The van der Waals surface area contributed by atoms with Crippen molar-refractivity contribution in [3.05, 3.63) is 30.1 Å². The van der Waals surface area contributed by atoms with E-state index in [9.17, 15) is 0 Å². The molecule has 1 aromatic carbocycles. The summed E-state index contributed by atoms with van der Waals surface area (Å²) >= 11 is 0. The van der Waals surface area contributed by atoms with Gasteiger partial charge in [0.1, 0.15) is 5.82 Å². The third-order valence-corrected chi connectivity index (χ3v) is 2.30. The molecule has 1 aromatic heterocycles. The molecule has 17 heavy (non-hydrogen) atoms. The fraction of sp³-hybridized carbons (Fsp3) is 0.273. The molecule has 0 amide bonds. The van der Waals surface area contributed by atoms with Crippen molar-refractivity contribution < 1.29 is 0 Å². The molecule has 0 saturated heterocycles. The third-order valence-electron chi connectivity index (χ3n) is 2.30. The molecule has 0 atom stereocenters. The van der Waals surface area contributed by atoms with Gasteiger partial charge in [-0.2, -0.15) is 0 Å². The summed E-state index contributed by atoms with van der Waals surface area (Å²) in [4.78, 5) is 11.6. The molecule has 2 rings (SSSR count). The van der Waals surface area contributed by atoms with Crippen LogP contribution in [0.15, 0.2) is 29.3 Å². The second-order valence-corrected chi connectivity index (χ2v) is 3.61. The summed E-state index contributed by atoms with van der Waals surface area (Å²) in [5, 5.41) is 0. The highest BCUT2D eigenvalue weighted by atomic mass is 127. The summed E-state index contributed by atoms with van der Waals surface area (Å²) < 4.78 is 0. The molecule has 0 aliphatic heterocycles. The van der Waals surface area contributed by atoms with Crippen LogP contribution in [0.2, 0.25) is 0 Å². The SMILES string of the molecule is I.NC(N)=NCCCc1nc2ccccc2[nH]1. The monoisotopic (exact) mass is 345 g/mol. The molecular weight excluding hydrogens is 329 g/mol. The first-order valence-corrected chi connectivity index (χ1v) is 5.25. The number of para-hydroxylation sites is 2. The first-order chi connectivity index (χ1) is 7.75. The quantitative estimate of drug-likeness (QED) is 0.338. The Hall–Kier alpha value is -1.31. The number of hydrogen-bond donors (Lipinski definition) is 3. The number of halogens is 1. The Kier molecular flexibility index (Phi) is 5.20. The fourth-order valence-corrected chi connectivity index (χ4v) is 1.58. The molecule has 0 aliphatic carbocycles. The van der Waals surface area contributed by atoms with Crippen LogP contribution in [0.1, 0.15) is 12.2 Å². The number of aromatic nitrogens is 2. The van der Waals surface area contributed by atoms with Crippen molar-refractivity contribution >= 4 is 41.0 Å². The molecular formula is C11H16IN5. The van der Waals surface area contributed by atoms with E-state index in [-0.39, 0.29) is 29.9 Å². The van der Waals surface area contributed by atoms with Gasteiger partial charge in [-0.25, -0.2) is 4.98 Å². The number of H-pyrrole nitrogens is 1. The molecule has 5 N–H and O–H groups in total. The van der Waals surface area contributed by atoms with Crippen LogP contribution in [-0.4, -0.2) is 22.5 Å². The number of rotatable bonds is 4. The fourth-order valence-electron chi connectivity index (χ4n) is 1.58.